The number of rotatable bonds is 6. The molecule has 0 unspecified atom stereocenters. The minimum absolute atomic E-state index is 0.0163. The number of nitro groups is 1. The Morgan fingerprint density at radius 1 is 1.17 bits per heavy atom. The van der Waals surface area contributed by atoms with Crippen molar-refractivity contribution in [1.29, 1.82) is 0 Å². The Morgan fingerprint density at radius 2 is 1.83 bits per heavy atom. The summed E-state index contributed by atoms with van der Waals surface area (Å²) < 4.78 is 5.03. The molecule has 0 aliphatic rings. The van der Waals surface area contributed by atoms with E-state index in [2.05, 4.69) is 0 Å². The molecule has 0 spiro atoms. The molecule has 2 aromatic carbocycles. The molecule has 0 aromatic heterocycles. The zero-order valence-corrected chi connectivity index (χ0v) is 13.1. The Labute approximate surface area is 134 Å². The van der Waals surface area contributed by atoms with Crippen LogP contribution in [0.5, 0.6) is 0 Å². The third kappa shape index (κ3) is 4.14. The molecule has 0 saturated heterocycles. The molecule has 0 aliphatic heterocycles. The number of nitro benzene ring substituents is 1. The summed E-state index contributed by atoms with van der Waals surface area (Å²) >= 11 is 0. The van der Waals surface area contributed by atoms with Crippen molar-refractivity contribution in [3.63, 3.8) is 0 Å². The zero-order chi connectivity index (χ0) is 16.8. The predicted octanol–water partition coefficient (Wildman–Crippen LogP) is 3.01. The van der Waals surface area contributed by atoms with Crippen LogP contribution < -0.4 is 0 Å². The summed E-state index contributed by atoms with van der Waals surface area (Å²) in [5.74, 6) is -0.188. The first kappa shape index (κ1) is 16.6. The molecule has 0 saturated carbocycles. The van der Waals surface area contributed by atoms with E-state index >= 15 is 0 Å². The fourth-order valence-electron chi connectivity index (χ4n) is 2.28. The summed E-state index contributed by atoms with van der Waals surface area (Å²) in [6.07, 6.45) is 0. The summed E-state index contributed by atoms with van der Waals surface area (Å²) in [5, 5.41) is 11.0. The maximum atomic E-state index is 12.4. The summed E-state index contributed by atoms with van der Waals surface area (Å²) in [6, 6.07) is 13.5. The number of para-hydroxylation sites is 1. The number of carbonyl (C=O) groups excluding carboxylic acids is 1. The Morgan fingerprint density at radius 3 is 2.43 bits per heavy atom. The van der Waals surface area contributed by atoms with Crippen LogP contribution in [0.4, 0.5) is 5.69 Å². The summed E-state index contributed by atoms with van der Waals surface area (Å²) in [4.78, 5) is 24.5. The Hall–Kier alpha value is -2.73. The smallest absolute Gasteiger partial charge is 0.274 e. The van der Waals surface area contributed by atoms with Gasteiger partial charge < -0.3 is 9.64 Å². The van der Waals surface area contributed by atoms with Gasteiger partial charge in [0.15, 0.2) is 0 Å². The van der Waals surface area contributed by atoms with E-state index in [0.717, 1.165) is 5.56 Å². The lowest BCUT2D eigenvalue weighted by atomic mass is 10.1. The van der Waals surface area contributed by atoms with E-state index in [9.17, 15) is 14.9 Å². The molecule has 6 nitrogen and oxygen atoms in total. The average Bonchev–Trinajstić information content (AvgIpc) is 2.55. The third-order valence-electron chi connectivity index (χ3n) is 3.45. The third-order valence-corrected chi connectivity index (χ3v) is 3.45. The van der Waals surface area contributed by atoms with Crippen LogP contribution in [-0.4, -0.2) is 29.9 Å². The SMILES string of the molecule is COCc1ccc(C(=O)N(C)Cc2ccccc2[N+](=O)[O-])cc1. The van der Waals surface area contributed by atoms with Gasteiger partial charge in [-0.3, -0.25) is 14.9 Å². The number of carbonyl (C=O) groups is 1. The van der Waals surface area contributed by atoms with Gasteiger partial charge in [0.1, 0.15) is 0 Å². The van der Waals surface area contributed by atoms with Crippen LogP contribution in [-0.2, 0) is 17.9 Å². The van der Waals surface area contributed by atoms with Crippen molar-refractivity contribution in [1.82, 2.24) is 4.90 Å². The first-order valence-corrected chi connectivity index (χ1v) is 7.08. The molecule has 0 N–H and O–H groups in total. The van der Waals surface area contributed by atoms with Crippen LogP contribution in [0.1, 0.15) is 21.5 Å². The number of methoxy groups -OCH3 is 1. The largest absolute Gasteiger partial charge is 0.380 e. The molecule has 120 valence electrons. The van der Waals surface area contributed by atoms with E-state index in [0.29, 0.717) is 17.7 Å². The second-order valence-electron chi connectivity index (χ2n) is 5.18. The van der Waals surface area contributed by atoms with Gasteiger partial charge in [-0.2, -0.15) is 0 Å². The first-order chi connectivity index (χ1) is 11.0. The highest BCUT2D eigenvalue weighted by Gasteiger charge is 2.17. The molecule has 0 radical (unpaired) electrons. The number of amides is 1. The Balaban J connectivity index is 2.12. The predicted molar refractivity (Wildman–Crippen MR) is 86.0 cm³/mol. The van der Waals surface area contributed by atoms with Gasteiger partial charge in [-0.15, -0.1) is 0 Å². The van der Waals surface area contributed by atoms with Crippen molar-refractivity contribution in [2.45, 2.75) is 13.2 Å². The average molecular weight is 314 g/mol. The molecule has 1 amide bonds. The number of ether oxygens (including phenoxy) is 1. The fourth-order valence-corrected chi connectivity index (χ4v) is 2.28. The van der Waals surface area contributed by atoms with Gasteiger partial charge in [0.05, 0.1) is 18.1 Å². The second-order valence-corrected chi connectivity index (χ2v) is 5.18. The van der Waals surface area contributed by atoms with E-state index in [-0.39, 0.29) is 18.1 Å². The highest BCUT2D eigenvalue weighted by Crippen LogP contribution is 2.20. The maximum Gasteiger partial charge on any atom is 0.274 e. The second kappa shape index (κ2) is 7.51. The van der Waals surface area contributed by atoms with Crippen molar-refractivity contribution in [2.75, 3.05) is 14.2 Å². The highest BCUT2D eigenvalue weighted by atomic mass is 16.6. The van der Waals surface area contributed by atoms with Crippen LogP contribution in [0.3, 0.4) is 0 Å². The number of nitrogens with zero attached hydrogens (tertiary/aromatic N) is 2. The minimum Gasteiger partial charge on any atom is -0.380 e. The lowest BCUT2D eigenvalue weighted by Gasteiger charge is -2.17. The first-order valence-electron chi connectivity index (χ1n) is 7.08. The van der Waals surface area contributed by atoms with Crippen LogP contribution in [0, 0.1) is 10.1 Å². The van der Waals surface area contributed by atoms with Crippen LogP contribution in [0.2, 0.25) is 0 Å². The number of benzene rings is 2. The Bertz CT molecular complexity index is 698. The standard InChI is InChI=1S/C17H18N2O4/c1-18(11-15-5-3-4-6-16(15)19(21)22)17(20)14-9-7-13(8-10-14)12-23-2/h3-10H,11-12H2,1-2H3. The molecule has 0 heterocycles. The van der Waals surface area contributed by atoms with E-state index in [4.69, 9.17) is 4.74 Å². The molecule has 6 heteroatoms. The normalized spacial score (nSPS) is 10.3. The van der Waals surface area contributed by atoms with Crippen molar-refractivity contribution >= 4 is 11.6 Å². The van der Waals surface area contributed by atoms with E-state index in [1.165, 1.54) is 11.0 Å². The van der Waals surface area contributed by atoms with Crippen LogP contribution in [0.15, 0.2) is 48.5 Å². The quantitative estimate of drug-likeness (QED) is 0.607. The number of hydrogen-bond acceptors (Lipinski definition) is 4. The molecule has 2 rings (SSSR count). The topological polar surface area (TPSA) is 72.7 Å². The van der Waals surface area contributed by atoms with Crippen molar-refractivity contribution < 1.29 is 14.5 Å². The van der Waals surface area contributed by atoms with Crippen LogP contribution >= 0.6 is 0 Å². The summed E-state index contributed by atoms with van der Waals surface area (Å²) in [7, 11) is 3.24. The zero-order valence-electron chi connectivity index (χ0n) is 13.1. The fraction of sp³-hybridized carbons (Fsp3) is 0.235. The molecular weight excluding hydrogens is 296 g/mol. The Kier molecular flexibility index (Phi) is 5.43. The summed E-state index contributed by atoms with van der Waals surface area (Å²) in [5.41, 5.74) is 2.03. The van der Waals surface area contributed by atoms with Gasteiger partial charge >= 0.3 is 0 Å². The minimum atomic E-state index is -0.437. The molecule has 0 fully saturated rings. The van der Waals surface area contributed by atoms with Gasteiger partial charge in [-0.1, -0.05) is 30.3 Å². The van der Waals surface area contributed by atoms with Crippen molar-refractivity contribution in [2.24, 2.45) is 0 Å². The van der Waals surface area contributed by atoms with Gasteiger partial charge in [0.25, 0.3) is 11.6 Å². The van der Waals surface area contributed by atoms with Crippen molar-refractivity contribution in [3.8, 4) is 0 Å². The lowest BCUT2D eigenvalue weighted by molar-refractivity contribution is -0.385. The molecule has 2 aromatic rings. The van der Waals surface area contributed by atoms with E-state index in [1.807, 2.05) is 12.1 Å². The number of hydrogen-bond donors (Lipinski definition) is 0. The van der Waals surface area contributed by atoms with Gasteiger partial charge in [-0.25, -0.2) is 0 Å². The van der Waals surface area contributed by atoms with E-state index < -0.39 is 4.92 Å². The van der Waals surface area contributed by atoms with Crippen molar-refractivity contribution in [3.05, 3.63) is 75.3 Å². The molecule has 0 aliphatic carbocycles. The van der Waals surface area contributed by atoms with Gasteiger partial charge in [0, 0.05) is 31.4 Å². The molecule has 0 bridgehead atoms. The lowest BCUT2D eigenvalue weighted by Crippen LogP contribution is -2.26. The maximum absolute atomic E-state index is 12.4. The molecular formula is C17H18N2O4. The van der Waals surface area contributed by atoms with Gasteiger partial charge in [0.2, 0.25) is 0 Å². The monoisotopic (exact) mass is 314 g/mol. The molecule has 23 heavy (non-hydrogen) atoms. The van der Waals surface area contributed by atoms with Crippen LogP contribution in [0.25, 0.3) is 0 Å². The highest BCUT2D eigenvalue weighted by molar-refractivity contribution is 5.94. The summed E-state index contributed by atoms with van der Waals surface area (Å²) in [6.45, 7) is 0.663. The molecule has 0 atom stereocenters. The van der Waals surface area contributed by atoms with Gasteiger partial charge in [-0.05, 0) is 17.7 Å². The van der Waals surface area contributed by atoms with E-state index in [1.54, 1.807) is 44.5 Å².